The van der Waals surface area contributed by atoms with E-state index in [0.717, 1.165) is 57.8 Å². The maximum absolute atomic E-state index is 12.6. The van der Waals surface area contributed by atoms with E-state index in [-0.39, 0.29) is 18.5 Å². The predicted molar refractivity (Wildman–Crippen MR) is 416 cm³/mol. The number of allylic oxidation sites excluding steroid dienone is 9. The molecule has 6 heteroatoms. The van der Waals surface area contributed by atoms with E-state index in [1.807, 2.05) is 6.08 Å². The molecule has 552 valence electrons. The quantitative estimate of drug-likeness (QED) is 0.0320. The molecule has 1 amide bonds. The van der Waals surface area contributed by atoms with Gasteiger partial charge < -0.3 is 20.3 Å². The van der Waals surface area contributed by atoms with Crippen molar-refractivity contribution in [3.05, 3.63) is 60.8 Å². The maximum Gasteiger partial charge on any atom is 0.305 e. The van der Waals surface area contributed by atoms with Crippen LogP contribution in [-0.2, 0) is 14.3 Å². The summed E-state index contributed by atoms with van der Waals surface area (Å²) in [5.74, 6) is -0.0495. The second-order valence-electron chi connectivity index (χ2n) is 29.2. The topological polar surface area (TPSA) is 95.9 Å². The number of esters is 1. The van der Waals surface area contributed by atoms with Crippen molar-refractivity contribution in [2.75, 3.05) is 13.2 Å². The van der Waals surface area contributed by atoms with Crippen LogP contribution in [-0.4, -0.2) is 47.4 Å². The van der Waals surface area contributed by atoms with E-state index in [1.54, 1.807) is 6.08 Å². The largest absolute Gasteiger partial charge is 0.466 e. The summed E-state index contributed by atoms with van der Waals surface area (Å²) in [5, 5.41) is 23.3. The number of carbonyl (C=O) groups excluding carboxylic acids is 2. The molecule has 0 aliphatic rings. The maximum atomic E-state index is 12.6. The van der Waals surface area contributed by atoms with Crippen molar-refractivity contribution in [1.29, 1.82) is 0 Å². The first kappa shape index (κ1) is 91.6. The summed E-state index contributed by atoms with van der Waals surface area (Å²) < 4.78 is 5.51. The van der Waals surface area contributed by atoms with Crippen molar-refractivity contribution in [2.45, 2.75) is 475 Å². The van der Waals surface area contributed by atoms with Crippen LogP contribution in [0.4, 0.5) is 0 Å². The zero-order valence-corrected chi connectivity index (χ0v) is 63.5. The lowest BCUT2D eigenvalue weighted by Gasteiger charge is -2.20. The number of hydrogen-bond donors (Lipinski definition) is 3. The molecular formula is C88H165NO5. The number of amides is 1. The number of hydrogen-bond acceptors (Lipinski definition) is 5. The molecule has 0 aromatic rings. The fourth-order valence-electron chi connectivity index (χ4n) is 13.3. The van der Waals surface area contributed by atoms with Crippen LogP contribution in [0.25, 0.3) is 0 Å². The highest BCUT2D eigenvalue weighted by Gasteiger charge is 2.18. The molecule has 0 radical (unpaired) electrons. The molecule has 0 rings (SSSR count). The van der Waals surface area contributed by atoms with Crippen molar-refractivity contribution in [2.24, 2.45) is 0 Å². The van der Waals surface area contributed by atoms with Gasteiger partial charge in [-0.25, -0.2) is 0 Å². The highest BCUT2D eigenvalue weighted by molar-refractivity contribution is 5.76. The molecule has 2 unspecified atom stereocenters. The molecule has 94 heavy (non-hydrogen) atoms. The van der Waals surface area contributed by atoms with Gasteiger partial charge in [0.1, 0.15) is 0 Å². The fraction of sp³-hybridized carbons (Fsp3) is 0.864. The zero-order chi connectivity index (χ0) is 67.7. The molecule has 0 saturated carbocycles. The first-order valence-electron chi connectivity index (χ1n) is 42.6. The zero-order valence-electron chi connectivity index (χ0n) is 63.5. The summed E-state index contributed by atoms with van der Waals surface area (Å²) in [5.41, 5.74) is 0. The van der Waals surface area contributed by atoms with Gasteiger partial charge in [0.25, 0.3) is 0 Å². The van der Waals surface area contributed by atoms with Crippen LogP contribution in [0.3, 0.4) is 0 Å². The Morgan fingerprint density at radius 1 is 0.298 bits per heavy atom. The van der Waals surface area contributed by atoms with Gasteiger partial charge in [-0.05, 0) is 96.3 Å². The lowest BCUT2D eigenvalue weighted by molar-refractivity contribution is -0.143. The van der Waals surface area contributed by atoms with E-state index in [4.69, 9.17) is 4.74 Å². The normalized spacial score (nSPS) is 12.8. The van der Waals surface area contributed by atoms with Crippen LogP contribution in [0.5, 0.6) is 0 Å². The summed E-state index contributed by atoms with van der Waals surface area (Å²) in [6, 6.07) is -0.628. The lowest BCUT2D eigenvalue weighted by Crippen LogP contribution is -2.45. The van der Waals surface area contributed by atoms with Crippen LogP contribution in [0.15, 0.2) is 60.8 Å². The summed E-state index contributed by atoms with van der Waals surface area (Å²) in [6.07, 6.45) is 112. The molecule has 3 N–H and O–H groups in total. The van der Waals surface area contributed by atoms with Gasteiger partial charge in [-0.1, -0.05) is 415 Å². The lowest BCUT2D eigenvalue weighted by atomic mass is 10.0. The summed E-state index contributed by atoms with van der Waals surface area (Å²) >= 11 is 0. The molecule has 0 spiro atoms. The third kappa shape index (κ3) is 78.6. The summed E-state index contributed by atoms with van der Waals surface area (Å²) in [4.78, 5) is 24.7. The minimum Gasteiger partial charge on any atom is -0.466 e. The van der Waals surface area contributed by atoms with E-state index in [9.17, 15) is 19.8 Å². The van der Waals surface area contributed by atoms with Gasteiger partial charge in [0.15, 0.2) is 0 Å². The Hall–Kier alpha value is -2.44. The third-order valence-electron chi connectivity index (χ3n) is 19.8. The second-order valence-corrected chi connectivity index (χ2v) is 29.2. The van der Waals surface area contributed by atoms with Gasteiger partial charge in [-0.3, -0.25) is 9.59 Å². The van der Waals surface area contributed by atoms with Crippen LogP contribution < -0.4 is 5.32 Å². The van der Waals surface area contributed by atoms with Crippen LogP contribution in [0, 0.1) is 0 Å². The van der Waals surface area contributed by atoms with Crippen LogP contribution in [0.1, 0.15) is 463 Å². The molecule has 0 aromatic carbocycles. The number of aliphatic hydroxyl groups excluding tert-OH is 2. The molecule has 6 nitrogen and oxygen atoms in total. The monoisotopic (exact) mass is 1320 g/mol. The number of ether oxygens (including phenoxy) is 1. The first-order valence-corrected chi connectivity index (χ1v) is 42.6. The first-order chi connectivity index (χ1) is 46.5. The molecule has 0 bridgehead atoms. The third-order valence-corrected chi connectivity index (χ3v) is 19.8. The Balaban J connectivity index is 3.39. The van der Waals surface area contributed by atoms with Crippen LogP contribution in [0.2, 0.25) is 0 Å². The molecule has 0 heterocycles. The molecule has 0 aliphatic heterocycles. The SMILES string of the molecule is CCCCC/C=C\C/C=C\CCCCCCCCCC(=O)OCCCCCCCCCCCCCCC/C=C\C/C=C\CCCCCCCCCCCCCCCCCCCC(=O)NC(CO)C(O)/C=C/CCCCCCCCCCCCCCCCCCCCCCC. The average molecular weight is 1320 g/mol. The molecular weight excluding hydrogens is 1150 g/mol. The minimum absolute atomic E-state index is 0.0112. The average Bonchev–Trinajstić information content (AvgIpc) is 3.79. The number of rotatable bonds is 80. The molecule has 0 aromatic heterocycles. The number of carbonyl (C=O) groups is 2. The highest BCUT2D eigenvalue weighted by Crippen LogP contribution is 2.20. The second kappa shape index (κ2) is 83.0. The van der Waals surface area contributed by atoms with E-state index in [2.05, 4.69) is 67.8 Å². The van der Waals surface area contributed by atoms with Crippen LogP contribution >= 0.6 is 0 Å². The fourth-order valence-corrected chi connectivity index (χ4v) is 13.3. The molecule has 0 saturated heterocycles. The number of unbranched alkanes of at least 4 members (excludes halogenated alkanes) is 61. The van der Waals surface area contributed by atoms with Gasteiger partial charge in [0, 0.05) is 12.8 Å². The van der Waals surface area contributed by atoms with Gasteiger partial charge in [0.05, 0.1) is 25.4 Å². The Morgan fingerprint density at radius 2 is 0.532 bits per heavy atom. The Labute approximate surface area is 588 Å². The predicted octanol–water partition coefficient (Wildman–Crippen LogP) is 28.5. The van der Waals surface area contributed by atoms with Gasteiger partial charge in [-0.15, -0.1) is 0 Å². The smallest absolute Gasteiger partial charge is 0.305 e. The van der Waals surface area contributed by atoms with E-state index >= 15 is 0 Å². The highest BCUT2D eigenvalue weighted by atomic mass is 16.5. The number of nitrogens with one attached hydrogen (secondary N) is 1. The minimum atomic E-state index is -0.845. The Morgan fingerprint density at radius 3 is 0.830 bits per heavy atom. The van der Waals surface area contributed by atoms with Crippen molar-refractivity contribution < 1.29 is 24.5 Å². The van der Waals surface area contributed by atoms with Gasteiger partial charge in [0.2, 0.25) is 5.91 Å². The standard InChI is InChI=1S/C88H165NO5/c1-3-5-7-9-11-13-15-17-19-21-22-23-39-42-45-49-52-56-60-64-68-72-76-80-86(91)85(84-90)89-87(92)81-77-73-69-65-61-57-53-50-46-43-40-37-35-33-31-29-27-25-24-26-28-30-32-34-36-38-41-44-47-51-55-59-63-67-71-75-79-83-94-88(93)82-78-74-70-66-62-58-54-48-20-18-16-14-12-10-8-6-4-2/h12,14,18,20,24,26,30,32,76,80,85-86,90-91H,3-11,13,15-17,19,21-23,25,27-29,31,33-75,77-79,81-84H2,1-2H3,(H,89,92)/b14-12-,20-18-,26-24-,32-30-,80-76+. The van der Waals surface area contributed by atoms with Gasteiger partial charge in [-0.2, -0.15) is 0 Å². The van der Waals surface area contributed by atoms with Crippen molar-refractivity contribution in [3.8, 4) is 0 Å². The van der Waals surface area contributed by atoms with Crippen molar-refractivity contribution in [3.63, 3.8) is 0 Å². The van der Waals surface area contributed by atoms with E-state index in [0.29, 0.717) is 19.4 Å². The van der Waals surface area contributed by atoms with E-state index < -0.39 is 12.1 Å². The summed E-state index contributed by atoms with van der Waals surface area (Å²) in [7, 11) is 0. The van der Waals surface area contributed by atoms with Crippen molar-refractivity contribution in [1.82, 2.24) is 5.32 Å². The Bertz CT molecular complexity index is 1620. The molecule has 2 atom stereocenters. The number of aliphatic hydroxyl groups is 2. The van der Waals surface area contributed by atoms with Gasteiger partial charge >= 0.3 is 5.97 Å². The molecule has 0 fully saturated rings. The Kier molecular flexibility index (Phi) is 80.8. The summed E-state index contributed by atoms with van der Waals surface area (Å²) in [6.45, 7) is 4.92. The van der Waals surface area contributed by atoms with Crippen molar-refractivity contribution >= 4 is 11.9 Å². The van der Waals surface area contributed by atoms with E-state index in [1.165, 1.54) is 379 Å². The molecule has 0 aliphatic carbocycles.